The number of nitrogens with zero attached hydrogens (tertiary/aromatic N) is 1. The van der Waals surface area contributed by atoms with Crippen LogP contribution in [0.1, 0.15) is 33.1 Å². The van der Waals surface area contributed by atoms with Gasteiger partial charge in [0.2, 0.25) is 0 Å². The molecule has 1 aliphatic rings. The van der Waals surface area contributed by atoms with Crippen LogP contribution in [0.4, 0.5) is 0 Å². The predicted molar refractivity (Wildman–Crippen MR) is 106 cm³/mol. The molecule has 1 unspecified atom stereocenters. The Bertz CT molecular complexity index is 1220. The molecule has 3 aromatic carbocycles. The zero-order valence-electron chi connectivity index (χ0n) is 15.1. The van der Waals surface area contributed by atoms with Gasteiger partial charge in [-0.25, -0.2) is 4.79 Å². The second kappa shape index (κ2) is 6.53. The van der Waals surface area contributed by atoms with Crippen molar-refractivity contribution in [2.45, 2.75) is 19.0 Å². The molecule has 0 radical (unpaired) electrons. The minimum atomic E-state index is -0.473. The summed E-state index contributed by atoms with van der Waals surface area (Å²) in [6.45, 7) is 0.454. The van der Waals surface area contributed by atoms with E-state index in [2.05, 4.69) is 17.1 Å². The highest BCUT2D eigenvalue weighted by Gasteiger charge is 2.36. The zero-order valence-corrected chi connectivity index (χ0v) is 15.1. The van der Waals surface area contributed by atoms with Gasteiger partial charge in [0.1, 0.15) is 0 Å². The van der Waals surface area contributed by atoms with Gasteiger partial charge >= 0.3 is 5.76 Å². The molecule has 0 saturated carbocycles. The monoisotopic (exact) mass is 370 g/mol. The second-order valence-corrected chi connectivity index (χ2v) is 7.07. The lowest BCUT2D eigenvalue weighted by molar-refractivity contribution is 0.0709. The van der Waals surface area contributed by atoms with Crippen LogP contribution in [0.25, 0.3) is 11.1 Å². The summed E-state index contributed by atoms with van der Waals surface area (Å²) in [6, 6.07) is 23.5. The summed E-state index contributed by atoms with van der Waals surface area (Å²) < 4.78 is 5.17. The molecule has 138 valence electrons. The number of carbonyl (C=O) groups excluding carboxylic acids is 1. The highest BCUT2D eigenvalue weighted by molar-refractivity contribution is 5.99. The van der Waals surface area contributed by atoms with E-state index in [1.54, 1.807) is 0 Å². The smallest absolute Gasteiger partial charge is 0.408 e. The molecular formula is C23H18N2O3. The molecule has 1 aromatic heterocycles. The van der Waals surface area contributed by atoms with Crippen molar-refractivity contribution in [3.8, 4) is 0 Å². The summed E-state index contributed by atoms with van der Waals surface area (Å²) in [7, 11) is 0. The summed E-state index contributed by atoms with van der Waals surface area (Å²) in [4.78, 5) is 29.1. The number of aromatic amines is 1. The predicted octanol–water partition coefficient (Wildman–Crippen LogP) is 4.06. The fraction of sp³-hybridized carbons (Fsp3) is 0.130. The van der Waals surface area contributed by atoms with Crippen LogP contribution in [0, 0.1) is 0 Å². The van der Waals surface area contributed by atoms with Gasteiger partial charge in [-0.1, -0.05) is 54.6 Å². The number of carbonyl (C=O) groups is 1. The maximum Gasteiger partial charge on any atom is 0.417 e. The Labute approximate surface area is 161 Å². The molecule has 1 N–H and O–H groups in total. The molecule has 1 atom stereocenters. The van der Waals surface area contributed by atoms with Crippen molar-refractivity contribution in [1.29, 1.82) is 0 Å². The number of nitrogens with one attached hydrogen (secondary N) is 1. The molecule has 5 nitrogen and oxygen atoms in total. The number of aromatic nitrogens is 1. The minimum Gasteiger partial charge on any atom is -0.408 e. The molecule has 28 heavy (non-hydrogen) atoms. The zero-order chi connectivity index (χ0) is 19.1. The molecule has 5 rings (SSSR count). The number of benzene rings is 3. The van der Waals surface area contributed by atoms with Crippen LogP contribution in [0.2, 0.25) is 0 Å². The number of hydrogen-bond donors (Lipinski definition) is 1. The Morgan fingerprint density at radius 3 is 2.54 bits per heavy atom. The van der Waals surface area contributed by atoms with Crippen molar-refractivity contribution in [3.63, 3.8) is 0 Å². The van der Waals surface area contributed by atoms with Crippen molar-refractivity contribution in [2.24, 2.45) is 0 Å². The highest BCUT2D eigenvalue weighted by Crippen LogP contribution is 2.37. The van der Waals surface area contributed by atoms with Crippen molar-refractivity contribution in [2.75, 3.05) is 0 Å². The highest BCUT2D eigenvalue weighted by atomic mass is 16.4. The number of oxazole rings is 1. The van der Waals surface area contributed by atoms with Gasteiger partial charge in [0.25, 0.3) is 5.91 Å². The molecule has 1 amide bonds. The van der Waals surface area contributed by atoms with Gasteiger partial charge in [0, 0.05) is 12.1 Å². The van der Waals surface area contributed by atoms with Crippen LogP contribution in [0.5, 0.6) is 0 Å². The number of rotatable bonds is 4. The van der Waals surface area contributed by atoms with Crippen molar-refractivity contribution in [3.05, 3.63) is 106 Å². The third-order valence-corrected chi connectivity index (χ3v) is 5.30. The molecule has 0 bridgehead atoms. The van der Waals surface area contributed by atoms with Crippen LogP contribution in [0.3, 0.4) is 0 Å². The third kappa shape index (κ3) is 2.81. The van der Waals surface area contributed by atoms with E-state index in [0.717, 1.165) is 23.1 Å². The standard InChI is InChI=1S/C23H18N2O3/c26-22-18-9-5-4-8-17(18)20(12-15-6-2-1-3-7-15)25(22)14-16-10-11-19-21(13-16)28-23(27)24-19/h1-11,13,20H,12,14H2,(H,24,27). The summed E-state index contributed by atoms with van der Waals surface area (Å²) in [5.74, 6) is -0.439. The van der Waals surface area contributed by atoms with E-state index < -0.39 is 5.76 Å². The first-order valence-electron chi connectivity index (χ1n) is 9.24. The number of hydrogen-bond acceptors (Lipinski definition) is 3. The van der Waals surface area contributed by atoms with E-state index >= 15 is 0 Å². The van der Waals surface area contributed by atoms with E-state index in [4.69, 9.17) is 4.42 Å². The van der Waals surface area contributed by atoms with E-state index in [0.29, 0.717) is 17.6 Å². The molecule has 0 saturated heterocycles. The summed E-state index contributed by atoms with van der Waals surface area (Å²) >= 11 is 0. The molecular weight excluding hydrogens is 352 g/mol. The summed E-state index contributed by atoms with van der Waals surface area (Å²) in [5, 5.41) is 0. The van der Waals surface area contributed by atoms with Gasteiger partial charge in [-0.3, -0.25) is 9.78 Å². The molecule has 4 aromatic rings. The SMILES string of the molecule is O=C1c2ccccc2C(Cc2ccccc2)N1Cc1ccc2[nH]c(=O)oc2c1. The lowest BCUT2D eigenvalue weighted by Gasteiger charge is -2.26. The van der Waals surface area contributed by atoms with Gasteiger partial charge in [0.15, 0.2) is 5.58 Å². The quantitative estimate of drug-likeness (QED) is 0.589. The Kier molecular flexibility index (Phi) is 3.86. The molecule has 0 spiro atoms. The van der Waals surface area contributed by atoms with Gasteiger partial charge in [-0.2, -0.15) is 0 Å². The largest absolute Gasteiger partial charge is 0.417 e. The second-order valence-electron chi connectivity index (χ2n) is 7.07. The molecule has 2 heterocycles. The Balaban J connectivity index is 1.51. The summed E-state index contributed by atoms with van der Waals surface area (Å²) in [6.07, 6.45) is 0.755. The average Bonchev–Trinajstić information content (AvgIpc) is 3.21. The Morgan fingerprint density at radius 2 is 1.68 bits per heavy atom. The number of amides is 1. The lowest BCUT2D eigenvalue weighted by atomic mass is 9.98. The van der Waals surface area contributed by atoms with Crippen LogP contribution in [0.15, 0.2) is 82.0 Å². The number of H-pyrrole nitrogens is 1. The van der Waals surface area contributed by atoms with E-state index in [1.165, 1.54) is 5.56 Å². The topological polar surface area (TPSA) is 66.3 Å². The average molecular weight is 370 g/mol. The van der Waals surface area contributed by atoms with Crippen LogP contribution >= 0.6 is 0 Å². The van der Waals surface area contributed by atoms with Crippen LogP contribution < -0.4 is 5.76 Å². The molecule has 0 aliphatic carbocycles. The Hall–Kier alpha value is -3.60. The van der Waals surface area contributed by atoms with Crippen molar-refractivity contribution in [1.82, 2.24) is 9.88 Å². The normalized spacial score (nSPS) is 15.9. The first-order valence-corrected chi connectivity index (χ1v) is 9.24. The van der Waals surface area contributed by atoms with Crippen LogP contribution in [-0.4, -0.2) is 15.8 Å². The van der Waals surface area contributed by atoms with Gasteiger partial charge in [0.05, 0.1) is 11.6 Å². The van der Waals surface area contributed by atoms with Crippen molar-refractivity contribution < 1.29 is 9.21 Å². The third-order valence-electron chi connectivity index (χ3n) is 5.30. The van der Waals surface area contributed by atoms with Gasteiger partial charge in [-0.15, -0.1) is 0 Å². The molecule has 5 heteroatoms. The molecule has 1 aliphatic heterocycles. The Morgan fingerprint density at radius 1 is 0.893 bits per heavy atom. The number of fused-ring (bicyclic) bond motifs is 2. The van der Waals surface area contributed by atoms with E-state index in [9.17, 15) is 9.59 Å². The first kappa shape index (κ1) is 16.6. The fourth-order valence-electron chi connectivity index (χ4n) is 3.97. The fourth-order valence-corrected chi connectivity index (χ4v) is 3.97. The summed E-state index contributed by atoms with van der Waals surface area (Å²) in [5.41, 5.74) is 5.10. The maximum absolute atomic E-state index is 13.1. The lowest BCUT2D eigenvalue weighted by Crippen LogP contribution is -2.28. The van der Waals surface area contributed by atoms with Crippen molar-refractivity contribution >= 4 is 17.0 Å². The minimum absolute atomic E-state index is 0.0278. The first-order chi connectivity index (χ1) is 13.7. The van der Waals surface area contributed by atoms with Crippen LogP contribution in [-0.2, 0) is 13.0 Å². The van der Waals surface area contributed by atoms with Gasteiger partial charge in [-0.05, 0) is 41.3 Å². The van der Waals surface area contributed by atoms with Gasteiger partial charge < -0.3 is 9.32 Å². The van der Waals surface area contributed by atoms with E-state index in [-0.39, 0.29) is 11.9 Å². The maximum atomic E-state index is 13.1. The van der Waals surface area contributed by atoms with E-state index in [1.807, 2.05) is 65.6 Å². The molecule has 0 fully saturated rings.